The van der Waals surface area contributed by atoms with Gasteiger partial charge in [-0.15, -0.1) is 0 Å². The van der Waals surface area contributed by atoms with Gasteiger partial charge in [-0.1, -0.05) is 25.1 Å². The highest BCUT2D eigenvalue weighted by atomic mass is 32.2. The van der Waals surface area contributed by atoms with E-state index >= 15 is 0 Å². The first-order chi connectivity index (χ1) is 13.7. The van der Waals surface area contributed by atoms with E-state index in [9.17, 15) is 13.2 Å². The van der Waals surface area contributed by atoms with Crippen molar-refractivity contribution in [3.05, 3.63) is 53.1 Å². The highest BCUT2D eigenvalue weighted by Crippen LogP contribution is 2.36. The molecular weight excluding hydrogens is 392 g/mol. The first kappa shape index (κ1) is 21.0. The lowest BCUT2D eigenvalue weighted by Crippen LogP contribution is -2.41. The molecule has 0 saturated carbocycles. The van der Waals surface area contributed by atoms with Gasteiger partial charge in [0, 0.05) is 6.07 Å². The number of ether oxygens (including phenoxy) is 2. The van der Waals surface area contributed by atoms with Crippen LogP contribution >= 0.6 is 0 Å². The average Bonchev–Trinajstić information content (AvgIpc) is 3.13. The van der Waals surface area contributed by atoms with E-state index in [1.54, 1.807) is 18.2 Å². The molecular formula is C21H26N2O5S. The van der Waals surface area contributed by atoms with E-state index in [2.05, 4.69) is 11.4 Å². The molecule has 0 aliphatic carbocycles. The Hall–Kier alpha value is -2.74. The summed E-state index contributed by atoms with van der Waals surface area (Å²) in [6.07, 6.45) is 1.77. The first-order valence-corrected chi connectivity index (χ1v) is 11.3. The molecule has 0 spiro atoms. The van der Waals surface area contributed by atoms with Crippen LogP contribution in [0.4, 0.5) is 5.69 Å². The van der Waals surface area contributed by atoms with Crippen LogP contribution in [0.1, 0.15) is 36.1 Å². The quantitative estimate of drug-likeness (QED) is 0.747. The Morgan fingerprint density at radius 1 is 1.10 bits per heavy atom. The number of sulfonamides is 1. The average molecular weight is 419 g/mol. The fourth-order valence-corrected chi connectivity index (χ4v) is 4.06. The van der Waals surface area contributed by atoms with Crippen LogP contribution in [0, 0.1) is 13.8 Å². The number of anilines is 1. The molecule has 0 radical (unpaired) electrons. The minimum Gasteiger partial charge on any atom is -0.454 e. The van der Waals surface area contributed by atoms with Crippen molar-refractivity contribution in [3.8, 4) is 11.5 Å². The van der Waals surface area contributed by atoms with E-state index in [1.807, 2.05) is 32.9 Å². The molecule has 2 aromatic rings. The number of hydrogen-bond donors (Lipinski definition) is 1. The van der Waals surface area contributed by atoms with Crippen LogP contribution in [0.2, 0.25) is 0 Å². The SMILES string of the molecule is CCC(NC(=O)CN(c1ccc2c(c1)OCO2)S(C)(=O)=O)c1ccc(C)c(C)c1. The molecule has 1 N–H and O–H groups in total. The minimum atomic E-state index is -3.67. The molecule has 1 unspecified atom stereocenters. The molecule has 156 valence electrons. The molecule has 1 amide bonds. The maximum Gasteiger partial charge on any atom is 0.241 e. The lowest BCUT2D eigenvalue weighted by Gasteiger charge is -2.24. The topological polar surface area (TPSA) is 84.9 Å². The molecule has 0 aromatic heterocycles. The number of aryl methyl sites for hydroxylation is 2. The van der Waals surface area contributed by atoms with Crippen molar-refractivity contribution in [2.75, 3.05) is 23.9 Å². The number of carbonyl (C=O) groups excluding carboxylic acids is 1. The highest BCUT2D eigenvalue weighted by molar-refractivity contribution is 7.92. The van der Waals surface area contributed by atoms with Crippen molar-refractivity contribution >= 4 is 21.6 Å². The summed E-state index contributed by atoms with van der Waals surface area (Å²) in [5.41, 5.74) is 3.68. The Morgan fingerprint density at radius 2 is 1.83 bits per heavy atom. The molecule has 3 rings (SSSR count). The first-order valence-electron chi connectivity index (χ1n) is 9.43. The third-order valence-corrected chi connectivity index (χ3v) is 6.15. The number of carbonyl (C=O) groups is 1. The van der Waals surface area contributed by atoms with Crippen LogP contribution in [0.3, 0.4) is 0 Å². The second-order valence-corrected chi connectivity index (χ2v) is 9.09. The zero-order valence-electron chi connectivity index (χ0n) is 17.1. The Morgan fingerprint density at radius 3 is 2.48 bits per heavy atom. The number of benzene rings is 2. The molecule has 0 bridgehead atoms. The van der Waals surface area contributed by atoms with Crippen LogP contribution in [-0.4, -0.2) is 33.9 Å². The van der Waals surface area contributed by atoms with Gasteiger partial charge in [0.1, 0.15) is 6.54 Å². The minimum absolute atomic E-state index is 0.0896. The van der Waals surface area contributed by atoms with Crippen molar-refractivity contribution in [2.24, 2.45) is 0 Å². The molecule has 7 nitrogen and oxygen atoms in total. The number of rotatable bonds is 7. The fraction of sp³-hybridized carbons (Fsp3) is 0.381. The third kappa shape index (κ3) is 4.82. The highest BCUT2D eigenvalue weighted by Gasteiger charge is 2.25. The molecule has 1 heterocycles. The summed E-state index contributed by atoms with van der Waals surface area (Å²) >= 11 is 0. The molecule has 1 aliphatic heterocycles. The zero-order valence-corrected chi connectivity index (χ0v) is 17.9. The summed E-state index contributed by atoms with van der Waals surface area (Å²) in [4.78, 5) is 12.7. The van der Waals surface area contributed by atoms with E-state index in [0.717, 1.165) is 21.7 Å². The van der Waals surface area contributed by atoms with Crippen molar-refractivity contribution in [3.63, 3.8) is 0 Å². The van der Waals surface area contributed by atoms with Gasteiger partial charge in [-0.2, -0.15) is 0 Å². The van der Waals surface area contributed by atoms with Gasteiger partial charge < -0.3 is 14.8 Å². The number of nitrogens with one attached hydrogen (secondary N) is 1. The second kappa shape index (κ2) is 8.32. The van der Waals surface area contributed by atoms with Crippen LogP contribution in [0.5, 0.6) is 11.5 Å². The Labute approximate surface area is 171 Å². The van der Waals surface area contributed by atoms with Gasteiger partial charge in [-0.25, -0.2) is 8.42 Å². The summed E-state index contributed by atoms with van der Waals surface area (Å²) in [5, 5.41) is 2.95. The van der Waals surface area contributed by atoms with Crippen molar-refractivity contribution in [2.45, 2.75) is 33.2 Å². The fourth-order valence-electron chi connectivity index (χ4n) is 3.21. The van der Waals surface area contributed by atoms with E-state index in [0.29, 0.717) is 23.6 Å². The largest absolute Gasteiger partial charge is 0.454 e. The number of nitrogens with zero attached hydrogens (tertiary/aromatic N) is 1. The van der Waals surface area contributed by atoms with E-state index < -0.39 is 10.0 Å². The molecule has 0 fully saturated rings. The van der Waals surface area contributed by atoms with Gasteiger partial charge in [-0.3, -0.25) is 9.10 Å². The monoisotopic (exact) mass is 418 g/mol. The molecule has 1 aliphatic rings. The maximum atomic E-state index is 12.7. The van der Waals surface area contributed by atoms with Gasteiger partial charge in [0.15, 0.2) is 11.5 Å². The zero-order chi connectivity index (χ0) is 21.2. The third-order valence-electron chi connectivity index (χ3n) is 5.01. The van der Waals surface area contributed by atoms with Gasteiger partial charge in [0.2, 0.25) is 22.7 Å². The van der Waals surface area contributed by atoms with E-state index in [-0.39, 0.29) is 25.3 Å². The number of hydrogen-bond acceptors (Lipinski definition) is 5. The normalized spacial score (nSPS) is 13.8. The Bertz CT molecular complexity index is 1020. The molecule has 1 atom stereocenters. The van der Waals surface area contributed by atoms with Crippen molar-refractivity contribution in [1.29, 1.82) is 0 Å². The van der Waals surface area contributed by atoms with Crippen LogP contribution in [0.15, 0.2) is 36.4 Å². The molecule has 2 aromatic carbocycles. The molecule has 29 heavy (non-hydrogen) atoms. The summed E-state index contributed by atoms with van der Waals surface area (Å²) in [5.74, 6) is 0.628. The van der Waals surface area contributed by atoms with Crippen LogP contribution < -0.4 is 19.1 Å². The van der Waals surface area contributed by atoms with E-state index in [4.69, 9.17) is 9.47 Å². The van der Waals surface area contributed by atoms with Crippen LogP contribution in [0.25, 0.3) is 0 Å². The van der Waals surface area contributed by atoms with Crippen LogP contribution in [-0.2, 0) is 14.8 Å². The smallest absolute Gasteiger partial charge is 0.241 e. The Balaban J connectivity index is 1.78. The summed E-state index contributed by atoms with van der Waals surface area (Å²) in [6, 6.07) is 10.7. The van der Waals surface area contributed by atoms with Crippen molar-refractivity contribution < 1.29 is 22.7 Å². The summed E-state index contributed by atoms with van der Waals surface area (Å²) in [6.45, 7) is 5.81. The predicted octanol–water partition coefficient (Wildman–Crippen LogP) is 3.07. The maximum absolute atomic E-state index is 12.7. The van der Waals surface area contributed by atoms with Gasteiger partial charge in [0.25, 0.3) is 0 Å². The Kier molecular flexibility index (Phi) is 6.02. The predicted molar refractivity (Wildman–Crippen MR) is 112 cm³/mol. The summed E-state index contributed by atoms with van der Waals surface area (Å²) in [7, 11) is -3.67. The summed E-state index contributed by atoms with van der Waals surface area (Å²) < 4.78 is 36.4. The van der Waals surface area contributed by atoms with E-state index in [1.165, 1.54) is 5.56 Å². The second-order valence-electron chi connectivity index (χ2n) is 7.18. The number of fused-ring (bicyclic) bond motifs is 1. The number of amides is 1. The lowest BCUT2D eigenvalue weighted by molar-refractivity contribution is -0.120. The standard InChI is InChI=1S/C21H26N2O5S/c1-5-18(16-7-6-14(2)15(3)10-16)22-21(24)12-23(29(4,25)26)17-8-9-19-20(11-17)28-13-27-19/h6-11,18H,5,12-13H2,1-4H3,(H,22,24). The van der Waals surface area contributed by atoms with Gasteiger partial charge in [0.05, 0.1) is 18.0 Å². The van der Waals surface area contributed by atoms with Gasteiger partial charge in [-0.05, 0) is 49.1 Å². The molecule has 0 saturated heterocycles. The van der Waals surface area contributed by atoms with Crippen molar-refractivity contribution in [1.82, 2.24) is 5.32 Å². The van der Waals surface area contributed by atoms with Gasteiger partial charge >= 0.3 is 0 Å². The lowest BCUT2D eigenvalue weighted by atomic mass is 9.99. The molecule has 8 heteroatoms.